The van der Waals surface area contributed by atoms with Gasteiger partial charge in [0.05, 0.1) is 12.1 Å². The lowest BCUT2D eigenvalue weighted by atomic mass is 10.1. The first-order valence-corrected chi connectivity index (χ1v) is 5.83. The molecule has 5 heteroatoms. The average Bonchev–Trinajstić information content (AvgIpc) is 2.53. The highest BCUT2D eigenvalue weighted by Gasteiger charge is 2.35. The van der Waals surface area contributed by atoms with Crippen LogP contribution in [0, 0.1) is 0 Å². The van der Waals surface area contributed by atoms with E-state index in [2.05, 4.69) is 0 Å². The molecule has 0 radical (unpaired) electrons. The highest BCUT2D eigenvalue weighted by atomic mass is 35.5. The number of rotatable bonds is 2. The highest BCUT2D eigenvalue weighted by molar-refractivity contribution is 6.32. The summed E-state index contributed by atoms with van der Waals surface area (Å²) in [6.45, 7) is 1.94. The molecule has 1 aliphatic heterocycles. The fraction of sp³-hybridized carbons (Fsp3) is 0.417. The third kappa shape index (κ3) is 2.10. The summed E-state index contributed by atoms with van der Waals surface area (Å²) in [5.41, 5.74) is 6.64. The van der Waals surface area contributed by atoms with E-state index in [-0.39, 0.29) is 18.0 Å². The Kier molecular flexibility index (Phi) is 3.26. The third-order valence-corrected chi connectivity index (χ3v) is 3.41. The van der Waals surface area contributed by atoms with Crippen LogP contribution in [0.4, 0.5) is 5.69 Å². The van der Waals surface area contributed by atoms with Crippen molar-refractivity contribution < 1.29 is 9.53 Å². The van der Waals surface area contributed by atoms with E-state index in [0.717, 1.165) is 5.69 Å². The molecule has 1 aromatic rings. The smallest absolute Gasteiger partial charge is 0.228 e. The lowest BCUT2D eigenvalue weighted by Crippen LogP contribution is -2.37. The molecule has 1 aliphatic rings. The second-order valence-electron chi connectivity index (χ2n) is 4.19. The van der Waals surface area contributed by atoms with E-state index in [1.165, 1.54) is 0 Å². The number of anilines is 1. The van der Waals surface area contributed by atoms with Gasteiger partial charge in [-0.3, -0.25) is 4.79 Å². The molecule has 0 saturated carbocycles. The largest absolute Gasteiger partial charge is 0.495 e. The standard InChI is InChI=1S/C12H15ClN2O2/c1-7-10(14)6-12(16)15(7)8-3-4-11(17-2)9(13)5-8/h3-5,7,10H,6,14H2,1-2H3. The molecule has 92 valence electrons. The predicted octanol–water partition coefficient (Wildman–Crippen LogP) is 1.80. The number of carbonyl (C=O) groups is 1. The van der Waals surface area contributed by atoms with Crippen LogP contribution in [-0.2, 0) is 4.79 Å². The first kappa shape index (κ1) is 12.2. The topological polar surface area (TPSA) is 55.6 Å². The second kappa shape index (κ2) is 4.55. The minimum Gasteiger partial charge on any atom is -0.495 e. The number of benzene rings is 1. The van der Waals surface area contributed by atoms with E-state index in [1.54, 1.807) is 24.1 Å². The summed E-state index contributed by atoms with van der Waals surface area (Å²) < 4.78 is 5.08. The zero-order valence-electron chi connectivity index (χ0n) is 9.81. The van der Waals surface area contributed by atoms with Crippen LogP contribution in [0.25, 0.3) is 0 Å². The maximum Gasteiger partial charge on any atom is 0.228 e. The maximum atomic E-state index is 11.8. The quantitative estimate of drug-likeness (QED) is 0.876. The van der Waals surface area contributed by atoms with Crippen LogP contribution < -0.4 is 15.4 Å². The van der Waals surface area contributed by atoms with Crippen molar-refractivity contribution in [2.75, 3.05) is 12.0 Å². The molecule has 2 unspecified atom stereocenters. The van der Waals surface area contributed by atoms with Gasteiger partial charge in [0.15, 0.2) is 0 Å². The first-order chi connectivity index (χ1) is 8.04. The molecule has 1 saturated heterocycles. The Morgan fingerprint density at radius 3 is 2.71 bits per heavy atom. The normalized spacial score (nSPS) is 24.2. The van der Waals surface area contributed by atoms with Crippen LogP contribution in [0.5, 0.6) is 5.75 Å². The van der Waals surface area contributed by atoms with Gasteiger partial charge in [-0.25, -0.2) is 0 Å². The number of nitrogens with two attached hydrogens (primary N) is 1. The van der Waals surface area contributed by atoms with Crippen LogP contribution in [-0.4, -0.2) is 25.1 Å². The third-order valence-electron chi connectivity index (χ3n) is 3.12. The van der Waals surface area contributed by atoms with Gasteiger partial charge in [-0.15, -0.1) is 0 Å². The maximum absolute atomic E-state index is 11.8. The Morgan fingerprint density at radius 1 is 1.53 bits per heavy atom. The van der Waals surface area contributed by atoms with Crippen LogP contribution in [0.15, 0.2) is 18.2 Å². The molecular weight excluding hydrogens is 240 g/mol. The average molecular weight is 255 g/mol. The van der Waals surface area contributed by atoms with Gasteiger partial charge in [0, 0.05) is 24.2 Å². The van der Waals surface area contributed by atoms with Gasteiger partial charge in [-0.2, -0.15) is 0 Å². The molecule has 1 aromatic carbocycles. The molecule has 2 rings (SSSR count). The lowest BCUT2D eigenvalue weighted by molar-refractivity contribution is -0.117. The number of amides is 1. The number of halogens is 1. The number of methoxy groups -OCH3 is 1. The van der Waals surface area contributed by atoms with Crippen molar-refractivity contribution in [3.05, 3.63) is 23.2 Å². The summed E-state index contributed by atoms with van der Waals surface area (Å²) in [7, 11) is 1.56. The summed E-state index contributed by atoms with van der Waals surface area (Å²) in [5, 5.41) is 0.491. The molecule has 1 heterocycles. The Morgan fingerprint density at radius 2 is 2.24 bits per heavy atom. The second-order valence-corrected chi connectivity index (χ2v) is 4.60. The SMILES string of the molecule is COc1ccc(N2C(=O)CC(N)C2C)cc1Cl. The number of carbonyl (C=O) groups excluding carboxylic acids is 1. The van der Waals surface area contributed by atoms with Gasteiger partial charge >= 0.3 is 0 Å². The van der Waals surface area contributed by atoms with Gasteiger partial charge in [0.1, 0.15) is 5.75 Å². The first-order valence-electron chi connectivity index (χ1n) is 5.45. The summed E-state index contributed by atoms with van der Waals surface area (Å²) in [5.74, 6) is 0.630. The van der Waals surface area contributed by atoms with Crippen molar-refractivity contribution >= 4 is 23.2 Å². The lowest BCUT2D eigenvalue weighted by Gasteiger charge is -2.23. The molecule has 1 fully saturated rings. The van der Waals surface area contributed by atoms with Crippen molar-refractivity contribution in [1.82, 2.24) is 0 Å². The van der Waals surface area contributed by atoms with E-state index < -0.39 is 0 Å². The van der Waals surface area contributed by atoms with E-state index in [1.807, 2.05) is 13.0 Å². The Hall–Kier alpha value is -1.26. The molecule has 0 aromatic heterocycles. The van der Waals surface area contributed by atoms with Crippen molar-refractivity contribution in [3.63, 3.8) is 0 Å². The predicted molar refractivity (Wildman–Crippen MR) is 67.5 cm³/mol. The molecule has 0 bridgehead atoms. The molecule has 0 aliphatic carbocycles. The number of ether oxygens (including phenoxy) is 1. The summed E-state index contributed by atoms with van der Waals surface area (Å²) in [6.07, 6.45) is 0.380. The number of nitrogens with zero attached hydrogens (tertiary/aromatic N) is 1. The fourth-order valence-corrected chi connectivity index (χ4v) is 2.33. The molecular formula is C12H15ClN2O2. The van der Waals surface area contributed by atoms with E-state index >= 15 is 0 Å². The van der Waals surface area contributed by atoms with Crippen molar-refractivity contribution in [1.29, 1.82) is 0 Å². The van der Waals surface area contributed by atoms with Gasteiger partial charge < -0.3 is 15.4 Å². The molecule has 0 spiro atoms. The van der Waals surface area contributed by atoms with Crippen LogP contribution in [0.3, 0.4) is 0 Å². The number of hydrogen-bond donors (Lipinski definition) is 1. The minimum absolute atomic E-state index is 0.00744. The van der Waals surface area contributed by atoms with Crippen molar-refractivity contribution in [2.45, 2.75) is 25.4 Å². The van der Waals surface area contributed by atoms with Gasteiger partial charge in [-0.1, -0.05) is 11.6 Å². The Labute approximate surface area is 105 Å². The summed E-state index contributed by atoms with van der Waals surface area (Å²) in [4.78, 5) is 13.5. The summed E-state index contributed by atoms with van der Waals surface area (Å²) >= 11 is 6.05. The highest BCUT2D eigenvalue weighted by Crippen LogP contribution is 2.32. The van der Waals surface area contributed by atoms with Gasteiger partial charge in [0.2, 0.25) is 5.91 Å². The van der Waals surface area contributed by atoms with Crippen LogP contribution in [0.2, 0.25) is 5.02 Å². The monoisotopic (exact) mass is 254 g/mol. The molecule has 2 N–H and O–H groups in total. The summed E-state index contributed by atoms with van der Waals surface area (Å²) in [6, 6.07) is 5.17. The van der Waals surface area contributed by atoms with Crippen LogP contribution in [0.1, 0.15) is 13.3 Å². The van der Waals surface area contributed by atoms with Crippen molar-refractivity contribution in [3.8, 4) is 5.75 Å². The van der Waals surface area contributed by atoms with E-state index in [0.29, 0.717) is 17.2 Å². The van der Waals surface area contributed by atoms with Crippen LogP contribution >= 0.6 is 11.6 Å². The Balaban J connectivity index is 2.34. The fourth-order valence-electron chi connectivity index (χ4n) is 2.07. The molecule has 4 nitrogen and oxygen atoms in total. The molecule has 17 heavy (non-hydrogen) atoms. The van der Waals surface area contributed by atoms with Crippen molar-refractivity contribution in [2.24, 2.45) is 5.73 Å². The number of hydrogen-bond acceptors (Lipinski definition) is 3. The van der Waals surface area contributed by atoms with E-state index in [4.69, 9.17) is 22.1 Å². The zero-order valence-corrected chi connectivity index (χ0v) is 10.6. The molecule has 2 atom stereocenters. The zero-order chi connectivity index (χ0) is 12.6. The van der Waals surface area contributed by atoms with E-state index in [9.17, 15) is 4.79 Å². The van der Waals surface area contributed by atoms with Gasteiger partial charge in [-0.05, 0) is 25.1 Å². The molecule has 1 amide bonds. The van der Waals surface area contributed by atoms with Gasteiger partial charge in [0.25, 0.3) is 0 Å². The Bertz CT molecular complexity index is 450. The minimum atomic E-state index is -0.122.